The summed E-state index contributed by atoms with van der Waals surface area (Å²) < 4.78 is 0. The number of nitrogens with one attached hydrogen (secondary N) is 1. The number of aromatic nitrogens is 2. The number of H-pyrrole nitrogens is 1. The minimum absolute atomic E-state index is 0.151. The highest BCUT2D eigenvalue weighted by atomic mass is 16.7. The molecule has 0 aliphatic heterocycles. The second-order valence-electron chi connectivity index (χ2n) is 4.12. The summed E-state index contributed by atoms with van der Waals surface area (Å²) in [4.78, 5) is 35.4. The number of hydrogen-bond donors (Lipinski definition) is 1. The number of pyridine rings is 2. The van der Waals surface area contributed by atoms with Crippen molar-refractivity contribution in [3.63, 3.8) is 0 Å². The molecule has 2 aromatic rings. The lowest BCUT2D eigenvalue weighted by Crippen LogP contribution is -2.25. The Labute approximate surface area is 110 Å². The highest BCUT2D eigenvalue weighted by molar-refractivity contribution is 5.95. The molecular weight excluding hydrogens is 246 g/mol. The monoisotopic (exact) mass is 261 g/mol. The summed E-state index contributed by atoms with van der Waals surface area (Å²) in [5, 5.41) is 1.10. The molecule has 0 saturated heterocycles. The first-order valence-corrected chi connectivity index (χ1v) is 5.91. The predicted molar refractivity (Wildman–Crippen MR) is 70.8 cm³/mol. The summed E-state index contributed by atoms with van der Waals surface area (Å²) in [5.74, 6) is -0.322. The van der Waals surface area contributed by atoms with Crippen molar-refractivity contribution in [2.24, 2.45) is 0 Å². The fraction of sp³-hybridized carbons (Fsp3) is 0.308. The fourth-order valence-corrected chi connectivity index (χ4v) is 1.77. The summed E-state index contributed by atoms with van der Waals surface area (Å²) in [6.45, 7) is 1.90. The number of hydrogen-bond acceptors (Lipinski definition) is 4. The van der Waals surface area contributed by atoms with E-state index in [-0.39, 0.29) is 11.5 Å². The minimum atomic E-state index is -0.322. The highest BCUT2D eigenvalue weighted by Crippen LogP contribution is 2.12. The van der Waals surface area contributed by atoms with Gasteiger partial charge in [0.1, 0.15) is 0 Å². The van der Waals surface area contributed by atoms with Crippen molar-refractivity contribution in [1.29, 1.82) is 0 Å². The third-order valence-electron chi connectivity index (χ3n) is 2.96. The van der Waals surface area contributed by atoms with Crippen LogP contribution in [-0.4, -0.2) is 35.1 Å². The fourth-order valence-electron chi connectivity index (χ4n) is 1.77. The number of aryl methyl sites for hydroxylation is 1. The van der Waals surface area contributed by atoms with Crippen molar-refractivity contribution in [2.75, 3.05) is 14.2 Å². The molecule has 0 bridgehead atoms. The van der Waals surface area contributed by atoms with Crippen molar-refractivity contribution < 1.29 is 9.63 Å². The van der Waals surface area contributed by atoms with Crippen LogP contribution in [0, 0.1) is 0 Å². The maximum absolute atomic E-state index is 11.9. The lowest BCUT2D eigenvalue weighted by Gasteiger charge is -2.13. The van der Waals surface area contributed by atoms with Gasteiger partial charge in [-0.25, -0.2) is 5.06 Å². The van der Waals surface area contributed by atoms with Gasteiger partial charge in [-0.3, -0.25) is 19.4 Å². The van der Waals surface area contributed by atoms with Gasteiger partial charge in [0.25, 0.3) is 11.5 Å². The van der Waals surface area contributed by atoms with Crippen molar-refractivity contribution in [2.45, 2.75) is 13.3 Å². The van der Waals surface area contributed by atoms with Crippen LogP contribution in [0.5, 0.6) is 0 Å². The van der Waals surface area contributed by atoms with E-state index in [0.717, 1.165) is 5.06 Å². The Kier molecular flexibility index (Phi) is 3.62. The zero-order valence-electron chi connectivity index (χ0n) is 11.1. The SMILES string of the molecule is CCc1cc2ncc(C(=O)N(C)OC)cc2[nH]c1=O. The van der Waals surface area contributed by atoms with Crippen LogP contribution < -0.4 is 5.56 Å². The van der Waals surface area contributed by atoms with Crippen LogP contribution in [0.15, 0.2) is 23.1 Å². The van der Waals surface area contributed by atoms with E-state index in [1.54, 1.807) is 12.1 Å². The molecule has 0 spiro atoms. The number of nitrogens with zero attached hydrogens (tertiary/aromatic N) is 2. The lowest BCUT2D eigenvalue weighted by atomic mass is 10.1. The van der Waals surface area contributed by atoms with Crippen LogP contribution in [0.1, 0.15) is 22.8 Å². The van der Waals surface area contributed by atoms with Crippen LogP contribution in [-0.2, 0) is 11.3 Å². The van der Waals surface area contributed by atoms with E-state index >= 15 is 0 Å². The molecule has 0 aliphatic carbocycles. The molecule has 6 heteroatoms. The van der Waals surface area contributed by atoms with E-state index in [2.05, 4.69) is 9.97 Å². The molecule has 0 atom stereocenters. The van der Waals surface area contributed by atoms with Crippen molar-refractivity contribution >= 4 is 16.9 Å². The van der Waals surface area contributed by atoms with E-state index in [0.29, 0.717) is 28.6 Å². The van der Waals surface area contributed by atoms with Crippen LogP contribution in [0.2, 0.25) is 0 Å². The third-order valence-corrected chi connectivity index (χ3v) is 2.96. The Bertz CT molecular complexity index is 678. The Morgan fingerprint density at radius 1 is 1.47 bits per heavy atom. The molecule has 0 aromatic carbocycles. The van der Waals surface area contributed by atoms with E-state index < -0.39 is 0 Å². The van der Waals surface area contributed by atoms with Gasteiger partial charge in [-0.05, 0) is 18.6 Å². The highest BCUT2D eigenvalue weighted by Gasteiger charge is 2.13. The summed E-state index contributed by atoms with van der Waals surface area (Å²) >= 11 is 0. The van der Waals surface area contributed by atoms with Crippen molar-refractivity contribution in [3.05, 3.63) is 39.8 Å². The first kappa shape index (κ1) is 13.2. The lowest BCUT2D eigenvalue weighted by molar-refractivity contribution is -0.0757. The van der Waals surface area contributed by atoms with Crippen LogP contribution in [0.25, 0.3) is 11.0 Å². The van der Waals surface area contributed by atoms with Gasteiger partial charge in [-0.1, -0.05) is 6.92 Å². The summed E-state index contributed by atoms with van der Waals surface area (Å²) in [6, 6.07) is 3.34. The molecule has 1 amide bonds. The summed E-state index contributed by atoms with van der Waals surface area (Å²) in [6.07, 6.45) is 2.11. The van der Waals surface area contributed by atoms with Gasteiger partial charge in [-0.2, -0.15) is 0 Å². The van der Waals surface area contributed by atoms with Gasteiger partial charge in [-0.15, -0.1) is 0 Å². The second-order valence-corrected chi connectivity index (χ2v) is 4.12. The maximum Gasteiger partial charge on any atom is 0.278 e. The van der Waals surface area contributed by atoms with E-state index in [1.807, 2.05) is 6.92 Å². The van der Waals surface area contributed by atoms with Gasteiger partial charge in [0.15, 0.2) is 0 Å². The van der Waals surface area contributed by atoms with Gasteiger partial charge in [0.2, 0.25) is 0 Å². The zero-order valence-corrected chi connectivity index (χ0v) is 11.1. The van der Waals surface area contributed by atoms with Gasteiger partial charge < -0.3 is 4.98 Å². The molecule has 2 rings (SSSR count). The number of aromatic amines is 1. The third kappa shape index (κ3) is 2.48. The average Bonchev–Trinajstić information content (AvgIpc) is 2.44. The molecule has 100 valence electrons. The standard InChI is InChI=1S/C13H15N3O3/c1-4-8-5-10-11(15-12(8)17)6-9(7-14-10)13(18)16(2)19-3/h5-7H,4H2,1-3H3,(H,15,17). The molecule has 19 heavy (non-hydrogen) atoms. The largest absolute Gasteiger partial charge is 0.320 e. The molecule has 0 saturated carbocycles. The Hall–Kier alpha value is -2.21. The molecule has 2 heterocycles. The van der Waals surface area contributed by atoms with E-state index in [4.69, 9.17) is 4.84 Å². The second kappa shape index (κ2) is 5.19. The molecular formula is C13H15N3O3. The molecule has 0 fully saturated rings. The Morgan fingerprint density at radius 2 is 2.21 bits per heavy atom. The number of hydroxylamine groups is 2. The van der Waals surface area contributed by atoms with Gasteiger partial charge >= 0.3 is 0 Å². The molecule has 0 aliphatic rings. The van der Waals surface area contributed by atoms with Crippen molar-refractivity contribution in [3.8, 4) is 0 Å². The number of rotatable bonds is 3. The minimum Gasteiger partial charge on any atom is -0.320 e. The molecule has 6 nitrogen and oxygen atoms in total. The smallest absolute Gasteiger partial charge is 0.278 e. The van der Waals surface area contributed by atoms with Crippen LogP contribution >= 0.6 is 0 Å². The maximum atomic E-state index is 11.9. The van der Waals surface area contributed by atoms with Gasteiger partial charge in [0, 0.05) is 18.8 Å². The number of fused-ring (bicyclic) bond motifs is 1. The first-order valence-electron chi connectivity index (χ1n) is 5.91. The van der Waals surface area contributed by atoms with E-state index in [9.17, 15) is 9.59 Å². The topological polar surface area (TPSA) is 75.3 Å². The van der Waals surface area contributed by atoms with Crippen molar-refractivity contribution in [1.82, 2.24) is 15.0 Å². The molecule has 1 N–H and O–H groups in total. The number of carbonyl (C=O) groups is 1. The number of carbonyl (C=O) groups excluding carboxylic acids is 1. The van der Waals surface area contributed by atoms with Gasteiger partial charge in [0.05, 0.1) is 23.7 Å². The molecule has 0 radical (unpaired) electrons. The van der Waals surface area contributed by atoms with Crippen LogP contribution in [0.4, 0.5) is 0 Å². The quantitative estimate of drug-likeness (QED) is 0.840. The Morgan fingerprint density at radius 3 is 2.84 bits per heavy atom. The summed E-state index contributed by atoms with van der Waals surface area (Å²) in [7, 11) is 2.91. The van der Waals surface area contributed by atoms with E-state index in [1.165, 1.54) is 20.4 Å². The number of amides is 1. The first-order chi connectivity index (χ1) is 9.06. The summed E-state index contributed by atoms with van der Waals surface area (Å²) in [5.41, 5.74) is 2.08. The molecule has 2 aromatic heterocycles. The predicted octanol–water partition coefficient (Wildman–Crippen LogP) is 1.12. The normalized spacial score (nSPS) is 10.7. The Balaban J connectivity index is 2.52. The van der Waals surface area contributed by atoms with Crippen LogP contribution in [0.3, 0.4) is 0 Å². The zero-order chi connectivity index (χ0) is 14.0. The molecule has 0 unspecified atom stereocenters. The average molecular weight is 261 g/mol.